The molecule has 0 radical (unpaired) electrons. The molecule has 2 aliphatic rings. The van der Waals surface area contributed by atoms with Gasteiger partial charge in [0.15, 0.2) is 0 Å². The van der Waals surface area contributed by atoms with Crippen LogP contribution < -0.4 is 5.73 Å². The van der Waals surface area contributed by atoms with Crippen molar-refractivity contribution in [3.8, 4) is 0 Å². The van der Waals surface area contributed by atoms with Crippen molar-refractivity contribution >= 4 is 0 Å². The van der Waals surface area contributed by atoms with E-state index in [1.165, 1.54) is 32.1 Å². The van der Waals surface area contributed by atoms with Crippen LogP contribution in [0.15, 0.2) is 0 Å². The number of hydrogen-bond donors (Lipinski definition) is 2. The molecule has 1 aliphatic heterocycles. The minimum Gasteiger partial charge on any atom is -0.390 e. The lowest BCUT2D eigenvalue weighted by Gasteiger charge is -2.43. The molecule has 0 aromatic heterocycles. The Kier molecular flexibility index (Phi) is 4.11. The Bertz CT molecular complexity index is 237. The molecule has 1 saturated heterocycles. The summed E-state index contributed by atoms with van der Waals surface area (Å²) in [4.78, 5) is 2.52. The third kappa shape index (κ3) is 3.43. The summed E-state index contributed by atoms with van der Waals surface area (Å²) < 4.78 is 0. The highest BCUT2D eigenvalue weighted by Crippen LogP contribution is 2.37. The normalized spacial score (nSPS) is 29.1. The highest BCUT2D eigenvalue weighted by atomic mass is 16.3. The van der Waals surface area contributed by atoms with Crippen LogP contribution in [0.25, 0.3) is 0 Å². The minimum absolute atomic E-state index is 0.376. The van der Waals surface area contributed by atoms with Gasteiger partial charge in [0.1, 0.15) is 0 Å². The average molecular weight is 240 g/mol. The Morgan fingerprint density at radius 1 is 1.06 bits per heavy atom. The lowest BCUT2D eigenvalue weighted by molar-refractivity contribution is -0.0190. The Morgan fingerprint density at radius 3 is 2.18 bits per heavy atom. The van der Waals surface area contributed by atoms with Gasteiger partial charge in [-0.3, -0.25) is 0 Å². The van der Waals surface area contributed by atoms with E-state index in [0.29, 0.717) is 5.41 Å². The third-order valence-electron chi connectivity index (χ3n) is 4.84. The van der Waals surface area contributed by atoms with Crippen molar-refractivity contribution in [3.63, 3.8) is 0 Å². The zero-order chi connectivity index (χ0) is 12.4. The summed E-state index contributed by atoms with van der Waals surface area (Å²) in [5.74, 6) is 0. The van der Waals surface area contributed by atoms with Crippen LogP contribution in [0.1, 0.15) is 51.9 Å². The van der Waals surface area contributed by atoms with E-state index in [1.807, 2.05) is 6.92 Å². The van der Waals surface area contributed by atoms with E-state index in [2.05, 4.69) is 4.90 Å². The zero-order valence-corrected chi connectivity index (χ0v) is 11.2. The second kappa shape index (κ2) is 5.25. The summed E-state index contributed by atoms with van der Waals surface area (Å²) in [5.41, 5.74) is 5.98. The fraction of sp³-hybridized carbons (Fsp3) is 1.00. The summed E-state index contributed by atoms with van der Waals surface area (Å²) in [6.45, 7) is 6.02. The van der Waals surface area contributed by atoms with Gasteiger partial charge in [0.25, 0.3) is 0 Å². The van der Waals surface area contributed by atoms with E-state index >= 15 is 0 Å². The van der Waals surface area contributed by atoms with E-state index in [0.717, 1.165) is 39.0 Å². The monoisotopic (exact) mass is 240 g/mol. The quantitative estimate of drug-likeness (QED) is 0.790. The first-order valence-corrected chi connectivity index (χ1v) is 7.20. The maximum atomic E-state index is 9.97. The molecular weight excluding hydrogens is 212 g/mol. The molecule has 100 valence electrons. The summed E-state index contributed by atoms with van der Waals surface area (Å²) in [5, 5.41) is 9.97. The summed E-state index contributed by atoms with van der Waals surface area (Å²) in [6, 6.07) is 0. The van der Waals surface area contributed by atoms with Crippen molar-refractivity contribution in [2.24, 2.45) is 11.1 Å². The molecule has 0 amide bonds. The first-order chi connectivity index (χ1) is 8.05. The summed E-state index contributed by atoms with van der Waals surface area (Å²) in [6.07, 6.45) is 8.51. The van der Waals surface area contributed by atoms with Crippen molar-refractivity contribution in [3.05, 3.63) is 0 Å². The second-order valence-electron chi connectivity index (χ2n) is 6.54. The standard InChI is InChI=1S/C14H28N2O/c1-13(17)7-9-16(10-8-13)12-14(11-15)5-3-2-4-6-14/h17H,2-12,15H2,1H3. The predicted molar refractivity (Wildman–Crippen MR) is 70.9 cm³/mol. The van der Waals surface area contributed by atoms with E-state index in [1.54, 1.807) is 0 Å². The molecule has 3 N–H and O–H groups in total. The van der Waals surface area contributed by atoms with Crippen LogP contribution in [0.3, 0.4) is 0 Å². The van der Waals surface area contributed by atoms with Crippen LogP contribution in [0.4, 0.5) is 0 Å². The van der Waals surface area contributed by atoms with E-state index in [-0.39, 0.29) is 0 Å². The molecular formula is C14H28N2O. The van der Waals surface area contributed by atoms with Gasteiger partial charge >= 0.3 is 0 Å². The first kappa shape index (κ1) is 13.3. The smallest absolute Gasteiger partial charge is 0.0644 e. The second-order valence-corrected chi connectivity index (χ2v) is 6.54. The van der Waals surface area contributed by atoms with E-state index in [9.17, 15) is 5.11 Å². The Labute approximate surface area is 105 Å². The molecule has 2 fully saturated rings. The maximum absolute atomic E-state index is 9.97. The van der Waals surface area contributed by atoms with E-state index < -0.39 is 5.60 Å². The van der Waals surface area contributed by atoms with Crippen LogP contribution in [0.2, 0.25) is 0 Å². The molecule has 1 saturated carbocycles. The molecule has 2 rings (SSSR count). The van der Waals surface area contributed by atoms with Gasteiger partial charge in [0.2, 0.25) is 0 Å². The van der Waals surface area contributed by atoms with Gasteiger partial charge in [-0.1, -0.05) is 19.3 Å². The number of rotatable bonds is 3. The Morgan fingerprint density at radius 2 is 1.65 bits per heavy atom. The molecule has 1 aliphatic carbocycles. The largest absolute Gasteiger partial charge is 0.390 e. The number of hydrogen-bond acceptors (Lipinski definition) is 3. The lowest BCUT2D eigenvalue weighted by atomic mass is 9.73. The van der Waals surface area contributed by atoms with Gasteiger partial charge in [-0.25, -0.2) is 0 Å². The van der Waals surface area contributed by atoms with Crippen LogP contribution in [-0.4, -0.2) is 41.8 Å². The van der Waals surface area contributed by atoms with Crippen molar-refractivity contribution in [2.75, 3.05) is 26.2 Å². The van der Waals surface area contributed by atoms with Crippen LogP contribution in [0, 0.1) is 5.41 Å². The molecule has 0 bridgehead atoms. The van der Waals surface area contributed by atoms with Gasteiger partial charge in [-0.15, -0.1) is 0 Å². The van der Waals surface area contributed by atoms with E-state index in [4.69, 9.17) is 5.73 Å². The number of piperidine rings is 1. The molecule has 1 heterocycles. The number of likely N-dealkylation sites (tertiary alicyclic amines) is 1. The molecule has 3 nitrogen and oxygen atoms in total. The molecule has 0 unspecified atom stereocenters. The van der Waals surface area contributed by atoms with Crippen molar-refractivity contribution in [1.82, 2.24) is 4.90 Å². The lowest BCUT2D eigenvalue weighted by Crippen LogP contribution is -2.49. The van der Waals surface area contributed by atoms with Gasteiger partial charge in [0.05, 0.1) is 5.60 Å². The predicted octanol–water partition coefficient (Wildman–Crippen LogP) is 1.74. The van der Waals surface area contributed by atoms with Gasteiger partial charge < -0.3 is 15.7 Å². The van der Waals surface area contributed by atoms with Crippen LogP contribution in [0.5, 0.6) is 0 Å². The minimum atomic E-state index is -0.432. The molecule has 0 spiro atoms. The summed E-state index contributed by atoms with van der Waals surface area (Å²) >= 11 is 0. The number of nitrogens with two attached hydrogens (primary N) is 1. The fourth-order valence-electron chi connectivity index (χ4n) is 3.40. The molecule has 0 aromatic carbocycles. The maximum Gasteiger partial charge on any atom is 0.0644 e. The zero-order valence-electron chi connectivity index (χ0n) is 11.2. The van der Waals surface area contributed by atoms with Crippen molar-refractivity contribution in [1.29, 1.82) is 0 Å². The van der Waals surface area contributed by atoms with Gasteiger partial charge in [0, 0.05) is 19.6 Å². The SMILES string of the molecule is CC1(O)CCN(CC2(CN)CCCCC2)CC1. The first-order valence-electron chi connectivity index (χ1n) is 7.20. The van der Waals surface area contributed by atoms with Gasteiger partial charge in [-0.05, 0) is 44.6 Å². The molecule has 17 heavy (non-hydrogen) atoms. The Balaban J connectivity index is 1.87. The van der Waals surface area contributed by atoms with Crippen LogP contribution >= 0.6 is 0 Å². The number of aliphatic hydroxyl groups is 1. The summed E-state index contributed by atoms with van der Waals surface area (Å²) in [7, 11) is 0. The molecule has 3 heteroatoms. The fourth-order valence-corrected chi connectivity index (χ4v) is 3.40. The third-order valence-corrected chi connectivity index (χ3v) is 4.84. The number of nitrogens with zero attached hydrogens (tertiary/aromatic N) is 1. The van der Waals surface area contributed by atoms with Crippen LogP contribution in [-0.2, 0) is 0 Å². The Hall–Kier alpha value is -0.120. The molecule has 0 atom stereocenters. The average Bonchev–Trinajstić information content (AvgIpc) is 2.33. The topological polar surface area (TPSA) is 49.5 Å². The molecule has 0 aromatic rings. The highest BCUT2D eigenvalue weighted by molar-refractivity contribution is 4.90. The highest BCUT2D eigenvalue weighted by Gasteiger charge is 2.35. The van der Waals surface area contributed by atoms with Gasteiger partial charge in [-0.2, -0.15) is 0 Å². The van der Waals surface area contributed by atoms with Crippen molar-refractivity contribution in [2.45, 2.75) is 57.5 Å². The van der Waals surface area contributed by atoms with Crippen molar-refractivity contribution < 1.29 is 5.11 Å².